The van der Waals surface area contributed by atoms with Crippen LogP contribution < -0.4 is 5.32 Å². The normalized spacial score (nSPS) is 36.4. The number of nitrogens with one attached hydrogen (secondary N) is 1. The molecule has 68 valence electrons. The minimum absolute atomic E-state index is 0.0346. The van der Waals surface area contributed by atoms with Gasteiger partial charge in [0.25, 0.3) is 0 Å². The number of piperidine rings is 1. The van der Waals surface area contributed by atoms with Crippen LogP contribution in [0.5, 0.6) is 0 Å². The monoisotopic (exact) mass is 169 g/mol. The van der Waals surface area contributed by atoms with Crippen LogP contribution in [-0.4, -0.2) is 18.2 Å². The molecule has 0 radical (unpaired) electrons. The summed E-state index contributed by atoms with van der Waals surface area (Å²) >= 11 is 0. The lowest BCUT2D eigenvalue weighted by Gasteiger charge is -2.33. The average Bonchev–Trinajstić information content (AvgIpc) is 2.08. The van der Waals surface area contributed by atoms with Gasteiger partial charge in [-0.2, -0.15) is 0 Å². The number of rotatable bonds is 1. The highest BCUT2D eigenvalue weighted by Crippen LogP contribution is 2.29. The molecule has 3 heteroatoms. The summed E-state index contributed by atoms with van der Waals surface area (Å²) in [4.78, 5) is 23.0. The molecule has 0 aromatic carbocycles. The van der Waals surface area contributed by atoms with Gasteiger partial charge in [-0.1, -0.05) is 13.8 Å². The van der Waals surface area contributed by atoms with Gasteiger partial charge in [0.15, 0.2) is 5.78 Å². The van der Waals surface area contributed by atoms with Gasteiger partial charge in [-0.05, 0) is 13.3 Å². The molecule has 2 unspecified atom stereocenters. The van der Waals surface area contributed by atoms with Gasteiger partial charge in [-0.15, -0.1) is 0 Å². The van der Waals surface area contributed by atoms with Crippen molar-refractivity contribution in [3.05, 3.63) is 0 Å². The van der Waals surface area contributed by atoms with E-state index in [9.17, 15) is 9.59 Å². The van der Waals surface area contributed by atoms with E-state index in [1.807, 2.05) is 13.8 Å². The second-order valence-corrected chi connectivity index (χ2v) is 3.66. The Morgan fingerprint density at radius 2 is 2.17 bits per heavy atom. The predicted octanol–water partition coefficient (Wildman–Crippen LogP) is 0.738. The summed E-state index contributed by atoms with van der Waals surface area (Å²) in [5.74, 6) is -0.0745. The molecule has 1 saturated heterocycles. The first-order valence-corrected chi connectivity index (χ1v) is 4.35. The summed E-state index contributed by atoms with van der Waals surface area (Å²) in [7, 11) is 0. The molecule has 2 atom stereocenters. The molecule has 0 saturated carbocycles. The molecule has 1 rings (SSSR count). The molecule has 1 heterocycles. The lowest BCUT2D eigenvalue weighted by atomic mass is 9.74. The largest absolute Gasteiger partial charge is 0.355 e. The van der Waals surface area contributed by atoms with Gasteiger partial charge in [-0.3, -0.25) is 9.59 Å². The fraction of sp³-hybridized carbons (Fsp3) is 0.778. The summed E-state index contributed by atoms with van der Waals surface area (Å²) in [6, 6.07) is 0. The highest BCUT2D eigenvalue weighted by atomic mass is 16.2. The number of Topliss-reactive ketones (excluding diaryl/α,β-unsaturated/α-hetero) is 1. The quantitative estimate of drug-likeness (QED) is 0.588. The van der Waals surface area contributed by atoms with Crippen molar-refractivity contribution in [3.8, 4) is 0 Å². The maximum absolute atomic E-state index is 11.6. The van der Waals surface area contributed by atoms with Gasteiger partial charge in [0.1, 0.15) is 5.41 Å². The van der Waals surface area contributed by atoms with Crippen molar-refractivity contribution in [3.63, 3.8) is 0 Å². The van der Waals surface area contributed by atoms with E-state index in [0.717, 1.165) is 0 Å². The Morgan fingerprint density at radius 3 is 2.58 bits per heavy atom. The van der Waals surface area contributed by atoms with Crippen LogP contribution in [0.4, 0.5) is 0 Å². The number of amides is 1. The highest BCUT2D eigenvalue weighted by molar-refractivity contribution is 6.08. The molecule has 3 nitrogen and oxygen atoms in total. The number of carbonyl (C=O) groups is 2. The van der Waals surface area contributed by atoms with Crippen LogP contribution in [0.1, 0.15) is 27.2 Å². The lowest BCUT2D eigenvalue weighted by Crippen LogP contribution is -2.54. The maximum atomic E-state index is 11.6. The van der Waals surface area contributed by atoms with Crippen molar-refractivity contribution in [1.29, 1.82) is 0 Å². The number of carbonyl (C=O) groups excluding carboxylic acids is 2. The molecule has 0 aromatic rings. The topological polar surface area (TPSA) is 46.2 Å². The van der Waals surface area contributed by atoms with Gasteiger partial charge in [0, 0.05) is 12.5 Å². The van der Waals surface area contributed by atoms with Crippen molar-refractivity contribution in [2.24, 2.45) is 11.3 Å². The van der Waals surface area contributed by atoms with Crippen LogP contribution in [-0.2, 0) is 9.59 Å². The van der Waals surface area contributed by atoms with Crippen LogP contribution in [0.2, 0.25) is 0 Å². The molecule has 1 aliphatic heterocycles. The van der Waals surface area contributed by atoms with Crippen LogP contribution in [0.25, 0.3) is 0 Å². The summed E-state index contributed by atoms with van der Waals surface area (Å²) in [6.45, 7) is 5.94. The summed E-state index contributed by atoms with van der Waals surface area (Å²) in [5.41, 5.74) is -0.780. The third kappa shape index (κ3) is 1.13. The minimum atomic E-state index is -0.780. The van der Waals surface area contributed by atoms with Crippen LogP contribution >= 0.6 is 0 Å². The van der Waals surface area contributed by atoms with E-state index in [0.29, 0.717) is 13.0 Å². The molecule has 0 aliphatic carbocycles. The average molecular weight is 169 g/mol. The number of hydrogen-bond acceptors (Lipinski definition) is 2. The Morgan fingerprint density at radius 1 is 1.58 bits per heavy atom. The Bertz CT molecular complexity index is 225. The first-order valence-electron chi connectivity index (χ1n) is 4.35. The Labute approximate surface area is 72.5 Å². The van der Waals surface area contributed by atoms with Gasteiger partial charge < -0.3 is 5.32 Å². The molecule has 1 fully saturated rings. The zero-order chi connectivity index (χ0) is 9.35. The van der Waals surface area contributed by atoms with Crippen LogP contribution in [0.3, 0.4) is 0 Å². The fourth-order valence-electron chi connectivity index (χ4n) is 1.52. The second-order valence-electron chi connectivity index (χ2n) is 3.66. The van der Waals surface area contributed by atoms with E-state index in [-0.39, 0.29) is 17.6 Å². The summed E-state index contributed by atoms with van der Waals surface area (Å²) < 4.78 is 0. The van der Waals surface area contributed by atoms with E-state index in [1.54, 1.807) is 6.92 Å². The van der Waals surface area contributed by atoms with Crippen molar-refractivity contribution in [2.75, 3.05) is 6.54 Å². The Balaban J connectivity index is 2.93. The molecule has 12 heavy (non-hydrogen) atoms. The van der Waals surface area contributed by atoms with Crippen LogP contribution in [0, 0.1) is 11.3 Å². The molecular formula is C9H15NO2. The molecule has 1 N–H and O–H groups in total. The van der Waals surface area contributed by atoms with Gasteiger partial charge in [-0.25, -0.2) is 0 Å². The minimum Gasteiger partial charge on any atom is -0.355 e. The van der Waals surface area contributed by atoms with E-state index in [2.05, 4.69) is 5.32 Å². The molecule has 1 amide bonds. The molecular weight excluding hydrogens is 154 g/mol. The van der Waals surface area contributed by atoms with Crippen molar-refractivity contribution in [1.82, 2.24) is 5.32 Å². The second kappa shape index (κ2) is 2.88. The maximum Gasteiger partial charge on any atom is 0.233 e. The van der Waals surface area contributed by atoms with Gasteiger partial charge in [0.05, 0.1) is 0 Å². The standard InChI is InChI=1S/C9H15NO2/c1-4-9(3)7(11)6(2)5-10-8(9)12/h6H,4-5H2,1-3H3,(H,10,12). The van der Waals surface area contributed by atoms with Crippen LogP contribution in [0.15, 0.2) is 0 Å². The summed E-state index contributed by atoms with van der Waals surface area (Å²) in [5, 5.41) is 2.74. The Hall–Kier alpha value is -0.860. The van der Waals surface area contributed by atoms with E-state index >= 15 is 0 Å². The highest BCUT2D eigenvalue weighted by Gasteiger charge is 2.44. The Kier molecular flexibility index (Phi) is 2.22. The first-order chi connectivity index (χ1) is 5.52. The number of ketones is 1. The SMILES string of the molecule is CCC1(C)C(=O)NCC(C)C1=O. The number of hydrogen-bond donors (Lipinski definition) is 1. The molecule has 1 aliphatic rings. The van der Waals surface area contributed by atoms with E-state index in [4.69, 9.17) is 0 Å². The van der Waals surface area contributed by atoms with Crippen molar-refractivity contribution >= 4 is 11.7 Å². The first kappa shape index (κ1) is 9.23. The summed E-state index contributed by atoms with van der Waals surface area (Å²) in [6.07, 6.45) is 0.585. The predicted molar refractivity (Wildman–Crippen MR) is 45.6 cm³/mol. The van der Waals surface area contributed by atoms with Gasteiger partial charge in [0.2, 0.25) is 5.91 Å². The molecule has 0 aromatic heterocycles. The van der Waals surface area contributed by atoms with Gasteiger partial charge >= 0.3 is 0 Å². The third-order valence-corrected chi connectivity index (χ3v) is 2.77. The molecule has 0 bridgehead atoms. The smallest absolute Gasteiger partial charge is 0.233 e. The lowest BCUT2D eigenvalue weighted by molar-refractivity contribution is -0.147. The molecule has 0 spiro atoms. The zero-order valence-corrected chi connectivity index (χ0v) is 7.81. The van der Waals surface area contributed by atoms with Crippen molar-refractivity contribution in [2.45, 2.75) is 27.2 Å². The third-order valence-electron chi connectivity index (χ3n) is 2.77. The van der Waals surface area contributed by atoms with E-state index in [1.165, 1.54) is 0 Å². The fourth-order valence-corrected chi connectivity index (χ4v) is 1.52. The van der Waals surface area contributed by atoms with E-state index < -0.39 is 5.41 Å². The zero-order valence-electron chi connectivity index (χ0n) is 7.81. The van der Waals surface area contributed by atoms with Crippen molar-refractivity contribution < 1.29 is 9.59 Å².